The molecule has 1 atom stereocenters. The van der Waals surface area contributed by atoms with E-state index < -0.39 is 12.0 Å². The molecule has 0 bridgehead atoms. The highest BCUT2D eigenvalue weighted by Gasteiger charge is 2.09. The van der Waals surface area contributed by atoms with Gasteiger partial charge in [-0.3, -0.25) is 5.43 Å². The van der Waals surface area contributed by atoms with Gasteiger partial charge in [0.25, 0.3) is 0 Å². The zero-order valence-electron chi connectivity index (χ0n) is 5.80. The average Bonchev–Trinajstić information content (AvgIpc) is 2.39. The average molecular weight is 157 g/mol. The van der Waals surface area contributed by atoms with Crippen molar-refractivity contribution < 1.29 is 9.90 Å². The van der Waals surface area contributed by atoms with Crippen molar-refractivity contribution in [2.75, 3.05) is 5.43 Å². The first-order chi connectivity index (χ1) is 5.20. The van der Waals surface area contributed by atoms with Gasteiger partial charge in [0.15, 0.2) is 6.33 Å². The standard InChI is InChI=1S/C4H7N5O2/c1-3(4(10)11)7-9-6-2-5-8-9/h2-3,7H,1H3,(H,10,11). The van der Waals surface area contributed by atoms with E-state index in [1.807, 2.05) is 0 Å². The number of tetrazole rings is 1. The molecule has 0 aliphatic rings. The van der Waals surface area contributed by atoms with Gasteiger partial charge in [0.05, 0.1) is 0 Å². The van der Waals surface area contributed by atoms with Gasteiger partial charge in [-0.25, -0.2) is 4.79 Å². The summed E-state index contributed by atoms with van der Waals surface area (Å²) < 4.78 is 0. The van der Waals surface area contributed by atoms with Crippen molar-refractivity contribution >= 4 is 5.97 Å². The molecule has 0 spiro atoms. The van der Waals surface area contributed by atoms with Crippen molar-refractivity contribution in [2.24, 2.45) is 0 Å². The lowest BCUT2D eigenvalue weighted by Crippen LogP contribution is -2.33. The highest BCUT2D eigenvalue weighted by Crippen LogP contribution is 1.81. The Morgan fingerprint density at radius 2 is 2.55 bits per heavy atom. The van der Waals surface area contributed by atoms with E-state index in [-0.39, 0.29) is 0 Å². The third kappa shape index (κ3) is 1.88. The number of carbonyl (C=O) groups is 1. The fraction of sp³-hybridized carbons (Fsp3) is 0.500. The van der Waals surface area contributed by atoms with Crippen LogP contribution in [0.2, 0.25) is 0 Å². The summed E-state index contributed by atoms with van der Waals surface area (Å²) in [6.07, 6.45) is 1.21. The minimum Gasteiger partial charge on any atom is -0.480 e. The number of carboxylic acids is 1. The fourth-order valence-electron chi connectivity index (χ4n) is 0.455. The van der Waals surface area contributed by atoms with Gasteiger partial charge < -0.3 is 5.11 Å². The maximum atomic E-state index is 10.3. The predicted molar refractivity (Wildman–Crippen MR) is 34.3 cm³/mol. The van der Waals surface area contributed by atoms with Crippen LogP contribution in [-0.2, 0) is 4.79 Å². The van der Waals surface area contributed by atoms with Crippen LogP contribution in [0.1, 0.15) is 6.92 Å². The SMILES string of the molecule is CC(Nn1ncnn1)C(=O)O. The van der Waals surface area contributed by atoms with Gasteiger partial charge in [-0.2, -0.15) is 0 Å². The molecule has 2 N–H and O–H groups in total. The molecule has 11 heavy (non-hydrogen) atoms. The largest absolute Gasteiger partial charge is 0.480 e. The Morgan fingerprint density at radius 3 is 3.00 bits per heavy atom. The maximum absolute atomic E-state index is 10.3. The Kier molecular flexibility index (Phi) is 2.00. The Morgan fingerprint density at radius 1 is 1.82 bits per heavy atom. The Bertz CT molecular complexity index is 233. The van der Waals surface area contributed by atoms with E-state index in [0.717, 1.165) is 4.91 Å². The van der Waals surface area contributed by atoms with Crippen LogP contribution >= 0.6 is 0 Å². The van der Waals surface area contributed by atoms with Gasteiger partial charge in [-0.05, 0) is 12.1 Å². The van der Waals surface area contributed by atoms with E-state index in [2.05, 4.69) is 20.8 Å². The molecule has 0 radical (unpaired) electrons. The van der Waals surface area contributed by atoms with E-state index in [9.17, 15) is 4.79 Å². The predicted octanol–water partition coefficient (Wildman–Crippen LogP) is -1.31. The molecule has 1 rings (SSSR count). The van der Waals surface area contributed by atoms with Crippen molar-refractivity contribution in [3.05, 3.63) is 6.33 Å². The molecule has 0 fully saturated rings. The Hall–Kier alpha value is -1.66. The normalized spacial score (nSPS) is 12.5. The van der Waals surface area contributed by atoms with Crippen LogP contribution in [0, 0.1) is 0 Å². The summed E-state index contributed by atoms with van der Waals surface area (Å²) in [5, 5.41) is 18.8. The number of hydrogen-bond donors (Lipinski definition) is 2. The van der Waals surface area contributed by atoms with Crippen LogP contribution in [-0.4, -0.2) is 37.4 Å². The molecule has 0 aliphatic heterocycles. The molecular weight excluding hydrogens is 150 g/mol. The van der Waals surface area contributed by atoms with Crippen LogP contribution in [0.5, 0.6) is 0 Å². The smallest absolute Gasteiger partial charge is 0.327 e. The zero-order chi connectivity index (χ0) is 8.27. The van der Waals surface area contributed by atoms with Crippen molar-refractivity contribution in [3.63, 3.8) is 0 Å². The maximum Gasteiger partial charge on any atom is 0.327 e. The molecule has 0 saturated heterocycles. The van der Waals surface area contributed by atoms with Crippen LogP contribution in [0.4, 0.5) is 0 Å². The second-order valence-corrected chi connectivity index (χ2v) is 1.91. The number of hydrogen-bond acceptors (Lipinski definition) is 5. The summed E-state index contributed by atoms with van der Waals surface area (Å²) in [5.41, 5.74) is 2.45. The minimum atomic E-state index is -0.970. The summed E-state index contributed by atoms with van der Waals surface area (Å²) in [7, 11) is 0. The first kappa shape index (κ1) is 7.45. The molecule has 1 aromatic rings. The molecular formula is C4H7N5O2. The molecule has 60 valence electrons. The molecule has 1 unspecified atom stereocenters. The van der Waals surface area contributed by atoms with E-state index >= 15 is 0 Å². The Labute approximate surface area is 62.0 Å². The second-order valence-electron chi connectivity index (χ2n) is 1.91. The Balaban J connectivity index is 2.50. The molecule has 7 nitrogen and oxygen atoms in total. The van der Waals surface area contributed by atoms with Crippen molar-refractivity contribution in [1.29, 1.82) is 0 Å². The summed E-state index contributed by atoms with van der Waals surface area (Å²) in [6, 6.07) is -0.732. The first-order valence-electron chi connectivity index (χ1n) is 2.92. The molecule has 1 heterocycles. The molecule has 7 heteroatoms. The number of carboxylic acid groups (broad SMARTS) is 1. The lowest BCUT2D eigenvalue weighted by atomic mass is 10.4. The van der Waals surface area contributed by atoms with Crippen LogP contribution in [0.3, 0.4) is 0 Å². The van der Waals surface area contributed by atoms with E-state index in [4.69, 9.17) is 5.11 Å². The quantitative estimate of drug-likeness (QED) is 0.565. The van der Waals surface area contributed by atoms with Crippen LogP contribution < -0.4 is 5.43 Å². The van der Waals surface area contributed by atoms with E-state index in [1.165, 1.54) is 13.3 Å². The first-order valence-corrected chi connectivity index (χ1v) is 2.92. The van der Waals surface area contributed by atoms with Gasteiger partial charge in [0.1, 0.15) is 6.04 Å². The third-order valence-corrected chi connectivity index (χ3v) is 1.03. The molecule has 1 aromatic heterocycles. The van der Waals surface area contributed by atoms with Crippen molar-refractivity contribution in [2.45, 2.75) is 13.0 Å². The van der Waals surface area contributed by atoms with Gasteiger partial charge in [-0.1, -0.05) is 4.91 Å². The van der Waals surface area contributed by atoms with Crippen LogP contribution in [0.25, 0.3) is 0 Å². The highest BCUT2D eigenvalue weighted by atomic mass is 16.4. The number of aliphatic carboxylic acids is 1. The lowest BCUT2D eigenvalue weighted by Gasteiger charge is -2.06. The second kappa shape index (κ2) is 2.95. The summed E-state index contributed by atoms with van der Waals surface area (Å²) >= 11 is 0. The summed E-state index contributed by atoms with van der Waals surface area (Å²) in [4.78, 5) is 11.3. The van der Waals surface area contributed by atoms with E-state index in [0.29, 0.717) is 0 Å². The molecule has 0 amide bonds. The van der Waals surface area contributed by atoms with Crippen molar-refractivity contribution in [3.8, 4) is 0 Å². The summed E-state index contributed by atoms with van der Waals surface area (Å²) in [6.45, 7) is 1.48. The molecule has 0 aromatic carbocycles. The lowest BCUT2D eigenvalue weighted by molar-refractivity contribution is -0.137. The van der Waals surface area contributed by atoms with E-state index in [1.54, 1.807) is 0 Å². The van der Waals surface area contributed by atoms with Crippen LogP contribution in [0.15, 0.2) is 6.33 Å². The van der Waals surface area contributed by atoms with Gasteiger partial charge in [0.2, 0.25) is 0 Å². The number of rotatable bonds is 3. The minimum absolute atomic E-state index is 0.732. The third-order valence-electron chi connectivity index (χ3n) is 1.03. The monoisotopic (exact) mass is 157 g/mol. The van der Waals surface area contributed by atoms with Crippen molar-refractivity contribution in [1.82, 2.24) is 20.3 Å². The van der Waals surface area contributed by atoms with Gasteiger partial charge in [-0.15, -0.1) is 10.2 Å². The van der Waals surface area contributed by atoms with Gasteiger partial charge in [0, 0.05) is 0 Å². The molecule has 0 saturated carbocycles. The zero-order valence-corrected chi connectivity index (χ0v) is 5.80. The number of nitrogens with one attached hydrogen (secondary N) is 1. The fourth-order valence-corrected chi connectivity index (χ4v) is 0.455. The highest BCUT2D eigenvalue weighted by molar-refractivity contribution is 5.74. The summed E-state index contributed by atoms with van der Waals surface area (Å²) in [5.74, 6) is -0.970. The number of nitrogens with zero attached hydrogens (tertiary/aromatic N) is 4. The van der Waals surface area contributed by atoms with Gasteiger partial charge >= 0.3 is 5.97 Å². The number of aromatic nitrogens is 4. The topological polar surface area (TPSA) is 92.9 Å². The molecule has 0 aliphatic carbocycles.